The van der Waals surface area contributed by atoms with Crippen molar-refractivity contribution in [1.82, 2.24) is 10.6 Å². The molecule has 0 aliphatic carbocycles. The van der Waals surface area contributed by atoms with Gasteiger partial charge in [-0.2, -0.15) is 0 Å². The van der Waals surface area contributed by atoms with Crippen LogP contribution in [0.25, 0.3) is 0 Å². The van der Waals surface area contributed by atoms with Gasteiger partial charge in [0.1, 0.15) is 5.75 Å². The van der Waals surface area contributed by atoms with Gasteiger partial charge in [0.05, 0.1) is 13.7 Å². The Morgan fingerprint density at radius 2 is 2.06 bits per heavy atom. The van der Waals surface area contributed by atoms with Crippen molar-refractivity contribution in [2.45, 2.75) is 19.8 Å². The van der Waals surface area contributed by atoms with Gasteiger partial charge in [-0.25, -0.2) is 0 Å². The summed E-state index contributed by atoms with van der Waals surface area (Å²) in [6.07, 6.45) is 1.82. The van der Waals surface area contributed by atoms with E-state index in [1.165, 1.54) is 0 Å². The van der Waals surface area contributed by atoms with Crippen molar-refractivity contribution in [3.63, 3.8) is 0 Å². The quantitative estimate of drug-likeness (QED) is 0.685. The van der Waals surface area contributed by atoms with E-state index < -0.39 is 0 Å². The molecule has 0 atom stereocenters. The van der Waals surface area contributed by atoms with Gasteiger partial charge in [0.15, 0.2) is 0 Å². The Hall–Kier alpha value is -1.55. The van der Waals surface area contributed by atoms with E-state index in [0.29, 0.717) is 13.1 Å². The third kappa shape index (κ3) is 5.19. The molecule has 0 radical (unpaired) electrons. The summed E-state index contributed by atoms with van der Waals surface area (Å²) in [6, 6.07) is 7.86. The molecule has 0 saturated carbocycles. The van der Waals surface area contributed by atoms with Crippen LogP contribution < -0.4 is 15.4 Å². The van der Waals surface area contributed by atoms with Gasteiger partial charge in [-0.15, -0.1) is 0 Å². The fourth-order valence-corrected chi connectivity index (χ4v) is 1.69. The topological polar surface area (TPSA) is 50.4 Å². The lowest BCUT2D eigenvalue weighted by Gasteiger charge is -2.09. The average Bonchev–Trinajstić information content (AvgIpc) is 2.39. The van der Waals surface area contributed by atoms with Crippen LogP contribution in [0, 0.1) is 0 Å². The molecule has 0 aliphatic heterocycles. The maximum atomic E-state index is 11.5. The Kier molecular flexibility index (Phi) is 6.87. The second kappa shape index (κ2) is 8.53. The van der Waals surface area contributed by atoms with Gasteiger partial charge in [0.2, 0.25) is 5.91 Å². The first-order chi connectivity index (χ1) is 8.77. The Morgan fingerprint density at radius 1 is 1.28 bits per heavy atom. The molecule has 4 heteroatoms. The summed E-state index contributed by atoms with van der Waals surface area (Å²) in [7, 11) is 1.66. The van der Waals surface area contributed by atoms with Crippen LogP contribution in [0.5, 0.6) is 5.75 Å². The van der Waals surface area contributed by atoms with E-state index >= 15 is 0 Å². The number of hydrogen-bond donors (Lipinski definition) is 2. The van der Waals surface area contributed by atoms with Crippen molar-refractivity contribution in [3.8, 4) is 5.75 Å². The van der Waals surface area contributed by atoms with Crippen molar-refractivity contribution in [2.75, 3.05) is 26.7 Å². The number of carbonyl (C=O) groups is 1. The summed E-state index contributed by atoms with van der Waals surface area (Å²) >= 11 is 0. The minimum atomic E-state index is 0.0401. The third-order valence-corrected chi connectivity index (χ3v) is 2.62. The average molecular weight is 250 g/mol. The van der Waals surface area contributed by atoms with E-state index in [0.717, 1.165) is 30.7 Å². The van der Waals surface area contributed by atoms with Crippen LogP contribution in [0.4, 0.5) is 0 Å². The van der Waals surface area contributed by atoms with Crippen LogP contribution in [0.2, 0.25) is 0 Å². The zero-order valence-corrected chi connectivity index (χ0v) is 11.2. The number of benzene rings is 1. The second-order valence-electron chi connectivity index (χ2n) is 4.09. The van der Waals surface area contributed by atoms with Crippen LogP contribution in [0.3, 0.4) is 0 Å². The van der Waals surface area contributed by atoms with E-state index in [1.54, 1.807) is 7.11 Å². The first-order valence-corrected chi connectivity index (χ1v) is 6.37. The molecular weight excluding hydrogens is 228 g/mol. The first kappa shape index (κ1) is 14.5. The minimum absolute atomic E-state index is 0.0401. The molecule has 0 spiro atoms. The fourth-order valence-electron chi connectivity index (χ4n) is 1.69. The summed E-state index contributed by atoms with van der Waals surface area (Å²) in [6.45, 7) is 3.97. The summed E-state index contributed by atoms with van der Waals surface area (Å²) in [5.41, 5.74) is 1.11. The van der Waals surface area contributed by atoms with Crippen LogP contribution >= 0.6 is 0 Å². The summed E-state index contributed by atoms with van der Waals surface area (Å²) in [5.74, 6) is 0.911. The highest BCUT2D eigenvalue weighted by Crippen LogP contribution is 2.16. The van der Waals surface area contributed by atoms with Crippen molar-refractivity contribution in [1.29, 1.82) is 0 Å². The molecule has 0 bridgehead atoms. The van der Waals surface area contributed by atoms with Crippen molar-refractivity contribution in [3.05, 3.63) is 29.8 Å². The number of rotatable bonds is 8. The largest absolute Gasteiger partial charge is 0.496 e. The number of carbonyl (C=O) groups excluding carboxylic acids is 1. The van der Waals surface area contributed by atoms with E-state index in [2.05, 4.69) is 17.6 Å². The maximum Gasteiger partial charge on any atom is 0.233 e. The Labute approximate surface area is 109 Å². The zero-order valence-electron chi connectivity index (χ0n) is 11.2. The van der Waals surface area contributed by atoms with Crippen LogP contribution in [0.1, 0.15) is 18.9 Å². The van der Waals surface area contributed by atoms with E-state index in [4.69, 9.17) is 4.74 Å². The number of hydrogen-bond acceptors (Lipinski definition) is 3. The number of nitrogens with one attached hydrogen (secondary N) is 2. The number of para-hydroxylation sites is 1. The molecule has 4 nitrogen and oxygen atoms in total. The molecular formula is C14H22N2O2. The summed E-state index contributed by atoms with van der Waals surface area (Å²) in [4.78, 5) is 11.5. The van der Waals surface area contributed by atoms with Crippen molar-refractivity contribution in [2.24, 2.45) is 0 Å². The molecule has 100 valence electrons. The van der Waals surface area contributed by atoms with Gasteiger partial charge < -0.3 is 15.4 Å². The summed E-state index contributed by atoms with van der Waals surface area (Å²) < 4.78 is 5.26. The molecule has 18 heavy (non-hydrogen) atoms. The third-order valence-electron chi connectivity index (χ3n) is 2.62. The van der Waals surface area contributed by atoms with Crippen LogP contribution in [0.15, 0.2) is 24.3 Å². The number of methoxy groups -OCH3 is 1. The van der Waals surface area contributed by atoms with E-state index in [9.17, 15) is 4.79 Å². The Bertz CT molecular complexity index is 367. The maximum absolute atomic E-state index is 11.5. The number of amides is 1. The molecule has 0 fully saturated rings. The highest BCUT2D eigenvalue weighted by molar-refractivity contribution is 5.77. The predicted molar refractivity (Wildman–Crippen MR) is 72.9 cm³/mol. The molecule has 0 unspecified atom stereocenters. The molecule has 1 rings (SSSR count). The Morgan fingerprint density at radius 3 is 2.78 bits per heavy atom. The van der Waals surface area contributed by atoms with Crippen molar-refractivity contribution >= 4 is 5.91 Å². The molecule has 0 aliphatic rings. The molecule has 1 amide bonds. The lowest BCUT2D eigenvalue weighted by atomic mass is 10.1. The SMILES string of the molecule is CCCNCC(=O)NCCc1ccccc1OC. The zero-order chi connectivity index (χ0) is 13.2. The van der Waals surface area contributed by atoms with Crippen LogP contribution in [-0.2, 0) is 11.2 Å². The standard InChI is InChI=1S/C14H22N2O2/c1-3-9-15-11-14(17)16-10-8-12-6-4-5-7-13(12)18-2/h4-7,15H,3,8-11H2,1-2H3,(H,16,17). The first-order valence-electron chi connectivity index (χ1n) is 6.37. The van der Waals surface area contributed by atoms with Gasteiger partial charge >= 0.3 is 0 Å². The monoisotopic (exact) mass is 250 g/mol. The van der Waals surface area contributed by atoms with Crippen molar-refractivity contribution < 1.29 is 9.53 Å². The lowest BCUT2D eigenvalue weighted by molar-refractivity contribution is -0.120. The predicted octanol–water partition coefficient (Wildman–Crippen LogP) is 1.35. The van der Waals surface area contributed by atoms with E-state index in [-0.39, 0.29) is 5.91 Å². The molecule has 1 aromatic carbocycles. The van der Waals surface area contributed by atoms with Gasteiger partial charge in [-0.05, 0) is 31.0 Å². The normalized spacial score (nSPS) is 10.1. The smallest absolute Gasteiger partial charge is 0.233 e. The molecule has 2 N–H and O–H groups in total. The summed E-state index contributed by atoms with van der Waals surface area (Å²) in [5, 5.41) is 5.95. The molecule has 0 heterocycles. The molecule has 0 saturated heterocycles. The second-order valence-corrected chi connectivity index (χ2v) is 4.09. The van der Waals surface area contributed by atoms with Gasteiger partial charge in [-0.3, -0.25) is 4.79 Å². The van der Waals surface area contributed by atoms with Gasteiger partial charge in [0.25, 0.3) is 0 Å². The van der Waals surface area contributed by atoms with Gasteiger partial charge in [0, 0.05) is 6.54 Å². The highest BCUT2D eigenvalue weighted by Gasteiger charge is 2.03. The Balaban J connectivity index is 2.26. The fraction of sp³-hybridized carbons (Fsp3) is 0.500. The van der Waals surface area contributed by atoms with Gasteiger partial charge in [-0.1, -0.05) is 25.1 Å². The van der Waals surface area contributed by atoms with E-state index in [1.807, 2.05) is 24.3 Å². The van der Waals surface area contributed by atoms with Crippen LogP contribution in [-0.4, -0.2) is 32.7 Å². The molecule has 0 aromatic heterocycles. The molecule has 1 aromatic rings. The highest BCUT2D eigenvalue weighted by atomic mass is 16.5. The minimum Gasteiger partial charge on any atom is -0.496 e. The number of ether oxygens (including phenoxy) is 1. The lowest BCUT2D eigenvalue weighted by Crippen LogP contribution is -2.35.